The Labute approximate surface area is 149 Å². The van der Waals surface area contributed by atoms with E-state index in [0.29, 0.717) is 23.5 Å². The van der Waals surface area contributed by atoms with Gasteiger partial charge in [0.1, 0.15) is 17.5 Å². The number of nitrogens with one attached hydrogen (secondary N) is 1. The van der Waals surface area contributed by atoms with E-state index in [9.17, 15) is 22.0 Å². The van der Waals surface area contributed by atoms with E-state index in [-0.39, 0.29) is 35.4 Å². The fourth-order valence-electron chi connectivity index (χ4n) is 3.85. The number of carbonyl (C=O) groups excluding carboxylic acids is 1. The number of anilines is 1. The zero-order valence-electron chi connectivity index (χ0n) is 14.0. The van der Waals surface area contributed by atoms with Gasteiger partial charge in [0.25, 0.3) is 0 Å². The van der Waals surface area contributed by atoms with Crippen LogP contribution in [0, 0.1) is 18.6 Å². The average molecular weight is 381 g/mol. The zero-order chi connectivity index (χ0) is 18.6. The van der Waals surface area contributed by atoms with Gasteiger partial charge >= 0.3 is 0 Å². The zero-order valence-corrected chi connectivity index (χ0v) is 14.8. The highest BCUT2D eigenvalue weighted by atomic mass is 32.2. The Bertz CT molecular complexity index is 1020. The largest absolute Gasteiger partial charge is 0.311 e. The molecule has 4 rings (SSSR count). The molecule has 0 unspecified atom stereocenters. The number of hydrogen-bond donors (Lipinski definition) is 1. The molecule has 0 bridgehead atoms. The number of carbonyl (C=O) groups is 1. The van der Waals surface area contributed by atoms with Gasteiger partial charge in [-0.25, -0.2) is 21.9 Å². The molecule has 26 heavy (non-hydrogen) atoms. The summed E-state index contributed by atoms with van der Waals surface area (Å²) in [6.07, 6.45) is 0.437. The van der Waals surface area contributed by atoms with Crippen molar-refractivity contribution in [2.24, 2.45) is 0 Å². The predicted octanol–water partition coefficient (Wildman–Crippen LogP) is 2.30. The molecule has 1 amide bonds. The second-order valence-electron chi connectivity index (χ2n) is 6.82. The molecule has 6 nitrogen and oxygen atoms in total. The number of amides is 1. The standard InChI is InChI=1S/C17H17F2N3O3S/c1-9-16-13(12-3-2-10(18)6-14(12)19)7-15(23)20-17(16)22(21-9)11-4-5-26(24,25)8-11/h2-3,6,11,13H,4-5,7-8H2,1H3,(H,20,23)/t11-,13+/m1/s1. The molecular weight excluding hydrogens is 364 g/mol. The van der Waals surface area contributed by atoms with Gasteiger partial charge < -0.3 is 5.32 Å². The number of rotatable bonds is 2. The van der Waals surface area contributed by atoms with Crippen LogP contribution in [0.3, 0.4) is 0 Å². The minimum absolute atomic E-state index is 0.0189. The molecule has 2 aliphatic heterocycles. The highest BCUT2D eigenvalue weighted by molar-refractivity contribution is 7.91. The van der Waals surface area contributed by atoms with E-state index >= 15 is 0 Å². The lowest BCUT2D eigenvalue weighted by Crippen LogP contribution is -2.27. The molecule has 1 saturated heterocycles. The second kappa shape index (κ2) is 5.87. The van der Waals surface area contributed by atoms with Crippen molar-refractivity contribution in [3.8, 4) is 0 Å². The van der Waals surface area contributed by atoms with Crippen molar-refractivity contribution >= 4 is 21.6 Å². The summed E-state index contributed by atoms with van der Waals surface area (Å²) in [6.45, 7) is 1.74. The number of hydrogen-bond acceptors (Lipinski definition) is 4. The van der Waals surface area contributed by atoms with Crippen molar-refractivity contribution in [3.63, 3.8) is 0 Å². The van der Waals surface area contributed by atoms with E-state index in [2.05, 4.69) is 10.4 Å². The van der Waals surface area contributed by atoms with Crippen molar-refractivity contribution < 1.29 is 22.0 Å². The van der Waals surface area contributed by atoms with E-state index in [1.165, 1.54) is 6.07 Å². The van der Waals surface area contributed by atoms with Crippen LogP contribution in [0.5, 0.6) is 0 Å². The summed E-state index contributed by atoms with van der Waals surface area (Å²) in [5.74, 6) is -1.85. The van der Waals surface area contributed by atoms with E-state index in [4.69, 9.17) is 0 Å². The average Bonchev–Trinajstić information content (AvgIpc) is 3.06. The van der Waals surface area contributed by atoms with Crippen molar-refractivity contribution in [2.45, 2.75) is 31.7 Å². The van der Waals surface area contributed by atoms with Crippen LogP contribution >= 0.6 is 0 Å². The third kappa shape index (κ3) is 2.80. The Morgan fingerprint density at radius 1 is 1.31 bits per heavy atom. The molecule has 1 fully saturated rings. The Hall–Kier alpha value is -2.29. The minimum Gasteiger partial charge on any atom is -0.311 e. The molecular formula is C17H17F2N3O3S. The lowest BCUT2D eigenvalue weighted by atomic mass is 9.85. The van der Waals surface area contributed by atoms with Gasteiger partial charge in [-0.2, -0.15) is 5.10 Å². The smallest absolute Gasteiger partial charge is 0.226 e. The van der Waals surface area contributed by atoms with Gasteiger partial charge in [0.15, 0.2) is 9.84 Å². The third-order valence-corrected chi connectivity index (χ3v) is 6.77. The quantitative estimate of drug-likeness (QED) is 0.866. The summed E-state index contributed by atoms with van der Waals surface area (Å²) < 4.78 is 52.7. The summed E-state index contributed by atoms with van der Waals surface area (Å²) in [5.41, 5.74) is 1.47. The predicted molar refractivity (Wildman–Crippen MR) is 90.7 cm³/mol. The molecule has 3 heterocycles. The number of aromatic nitrogens is 2. The summed E-state index contributed by atoms with van der Waals surface area (Å²) in [7, 11) is -3.13. The monoisotopic (exact) mass is 381 g/mol. The SMILES string of the molecule is Cc1nn([C@@H]2CCS(=O)(=O)C2)c2c1[C@H](c1ccc(F)cc1F)CC(=O)N2. The fourth-order valence-corrected chi connectivity index (χ4v) is 5.55. The second-order valence-corrected chi connectivity index (χ2v) is 9.05. The number of halogens is 2. The van der Waals surface area contributed by atoms with Gasteiger partial charge in [0.2, 0.25) is 5.91 Å². The van der Waals surface area contributed by atoms with Gasteiger partial charge in [0, 0.05) is 24.0 Å². The minimum atomic E-state index is -3.13. The molecule has 0 saturated carbocycles. The maximum atomic E-state index is 14.3. The van der Waals surface area contributed by atoms with Gasteiger partial charge in [0.05, 0.1) is 23.2 Å². The van der Waals surface area contributed by atoms with E-state index in [0.717, 1.165) is 12.1 Å². The van der Waals surface area contributed by atoms with Gasteiger partial charge in [-0.05, 0) is 25.0 Å². The Kier molecular flexibility index (Phi) is 3.87. The van der Waals surface area contributed by atoms with Crippen LogP contribution in [0.1, 0.15) is 41.6 Å². The van der Waals surface area contributed by atoms with Crippen LogP contribution in [0.4, 0.5) is 14.6 Å². The van der Waals surface area contributed by atoms with Crippen molar-refractivity contribution in [1.29, 1.82) is 0 Å². The number of aryl methyl sites for hydroxylation is 1. The number of sulfone groups is 1. The van der Waals surface area contributed by atoms with E-state index < -0.39 is 27.4 Å². The molecule has 0 aliphatic carbocycles. The van der Waals surface area contributed by atoms with Crippen LogP contribution in [-0.2, 0) is 14.6 Å². The van der Waals surface area contributed by atoms with Crippen LogP contribution in [-0.4, -0.2) is 35.6 Å². The first-order chi connectivity index (χ1) is 12.2. The molecule has 0 spiro atoms. The number of fused-ring (bicyclic) bond motifs is 1. The first-order valence-electron chi connectivity index (χ1n) is 8.29. The maximum Gasteiger partial charge on any atom is 0.226 e. The van der Waals surface area contributed by atoms with Crippen LogP contribution < -0.4 is 5.32 Å². The Morgan fingerprint density at radius 2 is 2.08 bits per heavy atom. The van der Waals surface area contributed by atoms with Crippen LogP contribution in [0.2, 0.25) is 0 Å². The van der Waals surface area contributed by atoms with Crippen LogP contribution in [0.25, 0.3) is 0 Å². The summed E-state index contributed by atoms with van der Waals surface area (Å²) in [5, 5.41) is 7.19. The highest BCUT2D eigenvalue weighted by Crippen LogP contribution is 2.42. The van der Waals surface area contributed by atoms with Crippen molar-refractivity contribution in [3.05, 3.63) is 46.7 Å². The van der Waals surface area contributed by atoms with Crippen LogP contribution in [0.15, 0.2) is 18.2 Å². The summed E-state index contributed by atoms with van der Waals surface area (Å²) in [4.78, 5) is 12.2. The normalized spacial score (nSPS) is 24.3. The number of nitrogens with zero attached hydrogens (tertiary/aromatic N) is 2. The van der Waals surface area contributed by atoms with Gasteiger partial charge in [-0.3, -0.25) is 4.79 Å². The van der Waals surface area contributed by atoms with E-state index in [1.54, 1.807) is 11.6 Å². The Morgan fingerprint density at radius 3 is 2.73 bits per heavy atom. The first kappa shape index (κ1) is 17.1. The molecule has 1 aromatic heterocycles. The van der Waals surface area contributed by atoms with Gasteiger partial charge in [-0.1, -0.05) is 6.07 Å². The fraction of sp³-hybridized carbons (Fsp3) is 0.412. The molecule has 1 N–H and O–H groups in total. The molecule has 1 aromatic carbocycles. The molecule has 0 radical (unpaired) electrons. The summed E-state index contributed by atoms with van der Waals surface area (Å²) in [6, 6.07) is 2.94. The van der Waals surface area contributed by atoms with E-state index in [1.807, 2.05) is 0 Å². The molecule has 2 aromatic rings. The molecule has 9 heteroatoms. The first-order valence-corrected chi connectivity index (χ1v) is 10.1. The topological polar surface area (TPSA) is 81.1 Å². The Balaban J connectivity index is 1.82. The summed E-state index contributed by atoms with van der Waals surface area (Å²) >= 11 is 0. The molecule has 2 aliphatic rings. The lowest BCUT2D eigenvalue weighted by Gasteiger charge is -2.25. The number of benzene rings is 1. The lowest BCUT2D eigenvalue weighted by molar-refractivity contribution is -0.116. The highest BCUT2D eigenvalue weighted by Gasteiger charge is 2.38. The third-order valence-electron chi connectivity index (χ3n) is 5.02. The maximum absolute atomic E-state index is 14.3. The van der Waals surface area contributed by atoms with Crippen molar-refractivity contribution in [2.75, 3.05) is 16.8 Å². The molecule has 2 atom stereocenters. The van der Waals surface area contributed by atoms with Gasteiger partial charge in [-0.15, -0.1) is 0 Å². The van der Waals surface area contributed by atoms with Crippen molar-refractivity contribution in [1.82, 2.24) is 9.78 Å². The molecule has 138 valence electrons.